The lowest BCUT2D eigenvalue weighted by Crippen LogP contribution is -2.46. The highest BCUT2D eigenvalue weighted by molar-refractivity contribution is 6.39. The van der Waals surface area contributed by atoms with Crippen LogP contribution in [0.2, 0.25) is 0 Å². The van der Waals surface area contributed by atoms with Gasteiger partial charge in [0.25, 0.3) is 5.91 Å². The molecule has 4 rings (SSSR count). The van der Waals surface area contributed by atoms with Gasteiger partial charge in [0.1, 0.15) is 5.71 Å². The van der Waals surface area contributed by atoms with E-state index in [0.29, 0.717) is 24.5 Å². The van der Waals surface area contributed by atoms with Crippen LogP contribution in [0.15, 0.2) is 29.4 Å². The van der Waals surface area contributed by atoms with Crippen molar-refractivity contribution in [1.29, 1.82) is 0 Å². The van der Waals surface area contributed by atoms with Crippen molar-refractivity contribution in [1.82, 2.24) is 15.2 Å². The van der Waals surface area contributed by atoms with Crippen molar-refractivity contribution in [2.24, 2.45) is 10.5 Å². The van der Waals surface area contributed by atoms with Crippen molar-refractivity contribution in [3.05, 3.63) is 35.4 Å². The molecule has 1 spiro atoms. The Balaban J connectivity index is 1.36. The van der Waals surface area contributed by atoms with Gasteiger partial charge in [0, 0.05) is 44.4 Å². The topological polar surface area (TPSA) is 65.0 Å². The lowest BCUT2D eigenvalue weighted by molar-refractivity contribution is -0.124. The number of amides is 2. The van der Waals surface area contributed by atoms with Gasteiger partial charge < -0.3 is 4.90 Å². The van der Waals surface area contributed by atoms with Crippen LogP contribution in [0.4, 0.5) is 0 Å². The molecular formula is C23H32N4O2. The molecule has 156 valence electrons. The molecule has 2 saturated heterocycles. The fourth-order valence-corrected chi connectivity index (χ4v) is 4.96. The second-order valence-electron chi connectivity index (χ2n) is 9.28. The zero-order valence-electron chi connectivity index (χ0n) is 17.6. The quantitative estimate of drug-likeness (QED) is 0.851. The SMILES string of the molecule is CC(C)c1ccc(CN2CCC[C@@]3(CCN(C(=O)C4=NNC(=O)CC4)C3)C2)cc1. The molecular weight excluding hydrogens is 364 g/mol. The second-order valence-corrected chi connectivity index (χ2v) is 9.28. The molecule has 1 atom stereocenters. The largest absolute Gasteiger partial charge is 0.337 e. The summed E-state index contributed by atoms with van der Waals surface area (Å²) in [6, 6.07) is 9.02. The molecule has 1 aromatic carbocycles. The molecule has 0 aromatic heterocycles. The number of carbonyl (C=O) groups is 2. The third-order valence-corrected chi connectivity index (χ3v) is 6.67. The number of nitrogens with one attached hydrogen (secondary N) is 1. The molecule has 6 nitrogen and oxygen atoms in total. The number of benzene rings is 1. The first kappa shape index (κ1) is 20.1. The molecule has 0 unspecified atom stereocenters. The minimum Gasteiger partial charge on any atom is -0.337 e. The number of likely N-dealkylation sites (tertiary alicyclic amines) is 2. The van der Waals surface area contributed by atoms with Gasteiger partial charge in [0.15, 0.2) is 0 Å². The van der Waals surface area contributed by atoms with Gasteiger partial charge in [-0.05, 0) is 42.9 Å². The van der Waals surface area contributed by atoms with Gasteiger partial charge in [-0.2, -0.15) is 5.10 Å². The normalized spacial score (nSPS) is 25.4. The fraction of sp³-hybridized carbons (Fsp3) is 0.609. The van der Waals surface area contributed by atoms with Gasteiger partial charge in [-0.15, -0.1) is 0 Å². The van der Waals surface area contributed by atoms with Crippen LogP contribution in [0.5, 0.6) is 0 Å². The Kier molecular flexibility index (Phi) is 5.72. The first-order valence-electron chi connectivity index (χ1n) is 10.9. The summed E-state index contributed by atoms with van der Waals surface area (Å²) < 4.78 is 0. The summed E-state index contributed by atoms with van der Waals surface area (Å²) in [5.74, 6) is 0.457. The highest BCUT2D eigenvalue weighted by Crippen LogP contribution is 2.39. The van der Waals surface area contributed by atoms with Crippen LogP contribution >= 0.6 is 0 Å². The average molecular weight is 397 g/mol. The third kappa shape index (κ3) is 4.53. The Morgan fingerprint density at radius 3 is 2.62 bits per heavy atom. The zero-order valence-corrected chi connectivity index (χ0v) is 17.6. The van der Waals surface area contributed by atoms with Crippen molar-refractivity contribution in [2.75, 3.05) is 26.2 Å². The van der Waals surface area contributed by atoms with E-state index in [1.165, 1.54) is 24.0 Å². The van der Waals surface area contributed by atoms with Gasteiger partial charge >= 0.3 is 0 Å². The number of hydrogen-bond donors (Lipinski definition) is 1. The van der Waals surface area contributed by atoms with E-state index < -0.39 is 0 Å². The molecule has 3 heterocycles. The molecule has 0 radical (unpaired) electrons. The highest BCUT2D eigenvalue weighted by Gasteiger charge is 2.43. The van der Waals surface area contributed by atoms with Gasteiger partial charge in [-0.1, -0.05) is 38.1 Å². The molecule has 0 aliphatic carbocycles. The number of rotatable bonds is 4. The first-order chi connectivity index (χ1) is 13.9. The minimum absolute atomic E-state index is 0.00303. The molecule has 1 aromatic rings. The standard InChI is InChI=1S/C23H32N4O2/c1-17(2)19-6-4-18(5-7-19)14-26-12-3-10-23(15-26)11-13-27(16-23)22(29)20-8-9-21(28)25-24-20/h4-7,17H,3,8-16H2,1-2H3,(H,25,28)/t23-/m1/s1. The van der Waals surface area contributed by atoms with Crippen LogP contribution in [0.3, 0.4) is 0 Å². The van der Waals surface area contributed by atoms with Crippen molar-refractivity contribution in [3.8, 4) is 0 Å². The fourth-order valence-electron chi connectivity index (χ4n) is 4.96. The Bertz CT molecular complexity index is 802. The predicted molar refractivity (Wildman–Crippen MR) is 113 cm³/mol. The summed E-state index contributed by atoms with van der Waals surface area (Å²) in [7, 11) is 0. The van der Waals surface area contributed by atoms with Crippen LogP contribution in [-0.2, 0) is 16.1 Å². The van der Waals surface area contributed by atoms with Crippen molar-refractivity contribution in [3.63, 3.8) is 0 Å². The maximum absolute atomic E-state index is 12.8. The molecule has 3 aliphatic heterocycles. The maximum Gasteiger partial charge on any atom is 0.270 e. The first-order valence-corrected chi connectivity index (χ1v) is 10.9. The summed E-state index contributed by atoms with van der Waals surface area (Å²) >= 11 is 0. The molecule has 3 aliphatic rings. The third-order valence-electron chi connectivity index (χ3n) is 6.67. The van der Waals surface area contributed by atoms with Crippen molar-refractivity contribution in [2.45, 2.75) is 58.4 Å². The molecule has 2 fully saturated rings. The smallest absolute Gasteiger partial charge is 0.270 e. The van der Waals surface area contributed by atoms with E-state index in [1.54, 1.807) is 0 Å². The Labute approximate surface area is 173 Å². The van der Waals surface area contributed by atoms with Crippen LogP contribution in [0, 0.1) is 5.41 Å². The van der Waals surface area contributed by atoms with Gasteiger partial charge in [-0.25, -0.2) is 5.43 Å². The average Bonchev–Trinajstić information content (AvgIpc) is 3.11. The van der Waals surface area contributed by atoms with E-state index in [0.717, 1.165) is 39.1 Å². The lowest BCUT2D eigenvalue weighted by Gasteiger charge is -2.40. The van der Waals surface area contributed by atoms with Crippen LogP contribution < -0.4 is 5.43 Å². The summed E-state index contributed by atoms with van der Waals surface area (Å²) in [5, 5.41) is 3.99. The van der Waals surface area contributed by atoms with Crippen molar-refractivity contribution < 1.29 is 9.59 Å². The predicted octanol–water partition coefficient (Wildman–Crippen LogP) is 2.89. The molecule has 0 bridgehead atoms. The van der Waals surface area contributed by atoms with Gasteiger partial charge in [0.05, 0.1) is 0 Å². The Morgan fingerprint density at radius 1 is 1.14 bits per heavy atom. The molecule has 2 amide bonds. The molecule has 29 heavy (non-hydrogen) atoms. The monoisotopic (exact) mass is 396 g/mol. The van der Waals surface area contributed by atoms with Crippen LogP contribution in [0.1, 0.15) is 63.0 Å². The molecule has 0 saturated carbocycles. The minimum atomic E-state index is -0.108. The van der Waals surface area contributed by atoms with E-state index in [4.69, 9.17) is 0 Å². The van der Waals surface area contributed by atoms with Gasteiger partial charge in [0.2, 0.25) is 5.91 Å². The lowest BCUT2D eigenvalue weighted by atomic mass is 9.79. The number of carbonyl (C=O) groups excluding carboxylic acids is 2. The highest BCUT2D eigenvalue weighted by atomic mass is 16.2. The van der Waals surface area contributed by atoms with E-state index in [-0.39, 0.29) is 17.2 Å². The number of nitrogens with zero attached hydrogens (tertiary/aromatic N) is 3. The van der Waals surface area contributed by atoms with E-state index in [2.05, 4.69) is 53.5 Å². The summed E-state index contributed by atoms with van der Waals surface area (Å²) in [5.41, 5.74) is 5.89. The Hall–Kier alpha value is -2.21. The summed E-state index contributed by atoms with van der Waals surface area (Å²) in [6.07, 6.45) is 4.23. The number of hydrazone groups is 1. The zero-order chi connectivity index (χ0) is 20.4. The number of hydrogen-bond acceptors (Lipinski definition) is 4. The van der Waals surface area contributed by atoms with Crippen molar-refractivity contribution >= 4 is 17.5 Å². The second kappa shape index (κ2) is 8.27. The van der Waals surface area contributed by atoms with E-state index >= 15 is 0 Å². The van der Waals surface area contributed by atoms with E-state index in [1.807, 2.05) is 4.90 Å². The van der Waals surface area contributed by atoms with Crippen LogP contribution in [-0.4, -0.2) is 53.5 Å². The number of piperidine rings is 1. The van der Waals surface area contributed by atoms with E-state index in [9.17, 15) is 9.59 Å². The van der Waals surface area contributed by atoms with Gasteiger partial charge in [-0.3, -0.25) is 14.5 Å². The molecule has 1 N–H and O–H groups in total. The molecule has 6 heteroatoms. The summed E-state index contributed by atoms with van der Waals surface area (Å²) in [4.78, 5) is 28.6. The maximum atomic E-state index is 12.8. The Morgan fingerprint density at radius 2 is 1.93 bits per heavy atom. The summed E-state index contributed by atoms with van der Waals surface area (Å²) in [6.45, 7) is 9.20. The van der Waals surface area contributed by atoms with Crippen LogP contribution in [0.25, 0.3) is 0 Å².